The summed E-state index contributed by atoms with van der Waals surface area (Å²) in [7, 11) is 0. The molecule has 2 rings (SSSR count). The Hall–Kier alpha value is -1.33. The van der Waals surface area contributed by atoms with Gasteiger partial charge in [-0.3, -0.25) is 9.69 Å². The second-order valence-corrected chi connectivity index (χ2v) is 5.85. The number of hydrogen-bond acceptors (Lipinski definition) is 4. The normalized spacial score (nSPS) is 16.0. The van der Waals surface area contributed by atoms with Crippen molar-refractivity contribution in [1.82, 2.24) is 9.47 Å². The van der Waals surface area contributed by atoms with Crippen LogP contribution < -0.4 is 5.43 Å². The standard InChI is InChI=1S/C16H26N2O3/c1-3-17(8-9-19)11-14-16(21)15(20)10-12(2)18(14)13-6-4-5-7-13/h10,13,19,21H,3-9,11H2,1-2H3. The van der Waals surface area contributed by atoms with E-state index < -0.39 is 0 Å². The molecule has 1 saturated carbocycles. The number of aromatic hydroxyl groups is 1. The van der Waals surface area contributed by atoms with Crippen LogP contribution in [0.4, 0.5) is 0 Å². The first-order valence-corrected chi connectivity index (χ1v) is 7.85. The number of aromatic nitrogens is 1. The van der Waals surface area contributed by atoms with E-state index in [1.165, 1.54) is 18.9 Å². The predicted molar refractivity (Wildman–Crippen MR) is 82.6 cm³/mol. The van der Waals surface area contributed by atoms with Gasteiger partial charge in [-0.15, -0.1) is 0 Å². The van der Waals surface area contributed by atoms with E-state index in [1.807, 2.05) is 18.7 Å². The van der Waals surface area contributed by atoms with Crippen LogP contribution in [-0.2, 0) is 6.54 Å². The first-order valence-electron chi connectivity index (χ1n) is 7.85. The van der Waals surface area contributed by atoms with Crippen LogP contribution in [0, 0.1) is 6.92 Å². The third kappa shape index (κ3) is 3.47. The van der Waals surface area contributed by atoms with Gasteiger partial charge in [-0.1, -0.05) is 19.8 Å². The molecule has 1 aliphatic carbocycles. The lowest BCUT2D eigenvalue weighted by Crippen LogP contribution is -2.30. The molecule has 0 saturated heterocycles. The van der Waals surface area contributed by atoms with Gasteiger partial charge < -0.3 is 14.8 Å². The van der Waals surface area contributed by atoms with E-state index >= 15 is 0 Å². The summed E-state index contributed by atoms with van der Waals surface area (Å²) < 4.78 is 2.14. The lowest BCUT2D eigenvalue weighted by molar-refractivity contribution is 0.190. The van der Waals surface area contributed by atoms with Gasteiger partial charge >= 0.3 is 0 Å². The van der Waals surface area contributed by atoms with Crippen LogP contribution in [0.2, 0.25) is 0 Å². The fraction of sp³-hybridized carbons (Fsp3) is 0.688. The van der Waals surface area contributed by atoms with Crippen LogP contribution in [0.25, 0.3) is 0 Å². The zero-order chi connectivity index (χ0) is 15.4. The van der Waals surface area contributed by atoms with Gasteiger partial charge in [-0.25, -0.2) is 0 Å². The van der Waals surface area contributed by atoms with E-state index in [2.05, 4.69) is 4.57 Å². The molecule has 5 heteroatoms. The fourth-order valence-corrected chi connectivity index (χ4v) is 3.32. The van der Waals surface area contributed by atoms with E-state index in [1.54, 1.807) is 0 Å². The Morgan fingerprint density at radius 3 is 2.62 bits per heavy atom. The van der Waals surface area contributed by atoms with Crippen LogP contribution >= 0.6 is 0 Å². The zero-order valence-electron chi connectivity index (χ0n) is 13.0. The first-order chi connectivity index (χ1) is 10.1. The first kappa shape index (κ1) is 16.0. The molecule has 0 amide bonds. The Labute approximate surface area is 125 Å². The highest BCUT2D eigenvalue weighted by Gasteiger charge is 2.23. The summed E-state index contributed by atoms with van der Waals surface area (Å²) in [5, 5.41) is 19.4. The molecule has 0 unspecified atom stereocenters. The number of pyridine rings is 1. The van der Waals surface area contributed by atoms with Gasteiger partial charge in [0.25, 0.3) is 0 Å². The highest BCUT2D eigenvalue weighted by Crippen LogP contribution is 2.33. The summed E-state index contributed by atoms with van der Waals surface area (Å²) in [6, 6.07) is 1.90. The van der Waals surface area contributed by atoms with E-state index in [-0.39, 0.29) is 17.8 Å². The second-order valence-electron chi connectivity index (χ2n) is 5.85. The minimum atomic E-state index is -0.309. The summed E-state index contributed by atoms with van der Waals surface area (Å²) >= 11 is 0. The average molecular weight is 294 g/mol. The Bertz CT molecular complexity index is 533. The topological polar surface area (TPSA) is 65.7 Å². The Morgan fingerprint density at radius 2 is 2.05 bits per heavy atom. The van der Waals surface area contributed by atoms with E-state index in [4.69, 9.17) is 5.11 Å². The number of likely N-dealkylation sites (N-methyl/N-ethyl adjacent to an activating group) is 1. The predicted octanol–water partition coefficient (Wildman–Crippen LogP) is 1.79. The van der Waals surface area contributed by atoms with Crippen LogP contribution in [0.15, 0.2) is 10.9 Å². The Kier molecular flexibility index (Phi) is 5.42. The molecule has 1 aromatic rings. The number of aliphatic hydroxyl groups excluding tert-OH is 1. The number of aryl methyl sites for hydroxylation is 1. The van der Waals surface area contributed by atoms with Gasteiger partial charge in [0.15, 0.2) is 5.75 Å². The smallest absolute Gasteiger partial charge is 0.223 e. The van der Waals surface area contributed by atoms with Gasteiger partial charge in [0.1, 0.15) is 0 Å². The van der Waals surface area contributed by atoms with Crippen LogP contribution in [-0.4, -0.2) is 39.4 Å². The average Bonchev–Trinajstić information content (AvgIpc) is 2.97. The molecule has 0 radical (unpaired) electrons. The second kappa shape index (κ2) is 7.09. The zero-order valence-corrected chi connectivity index (χ0v) is 13.0. The molecule has 1 heterocycles. The third-order valence-electron chi connectivity index (χ3n) is 4.44. The molecular formula is C16H26N2O3. The summed E-state index contributed by atoms with van der Waals surface area (Å²) in [4.78, 5) is 14.0. The van der Waals surface area contributed by atoms with E-state index in [0.717, 1.165) is 25.1 Å². The molecule has 0 atom stereocenters. The molecule has 2 N–H and O–H groups in total. The Morgan fingerprint density at radius 1 is 1.38 bits per heavy atom. The molecule has 118 valence electrons. The number of aliphatic hydroxyl groups is 1. The van der Waals surface area contributed by atoms with E-state index in [0.29, 0.717) is 24.8 Å². The van der Waals surface area contributed by atoms with E-state index in [9.17, 15) is 9.90 Å². The van der Waals surface area contributed by atoms with Crippen LogP contribution in [0.1, 0.15) is 50.0 Å². The van der Waals surface area contributed by atoms with Gasteiger partial charge in [0.2, 0.25) is 5.43 Å². The summed E-state index contributed by atoms with van der Waals surface area (Å²) in [6.45, 7) is 5.84. The van der Waals surface area contributed by atoms with Crippen molar-refractivity contribution >= 4 is 0 Å². The van der Waals surface area contributed by atoms with Crippen molar-refractivity contribution in [2.45, 2.75) is 52.1 Å². The SMILES string of the molecule is CCN(CCO)Cc1c(O)c(=O)cc(C)n1C1CCCC1. The molecule has 21 heavy (non-hydrogen) atoms. The van der Waals surface area contributed by atoms with Crippen molar-refractivity contribution in [2.75, 3.05) is 19.7 Å². The summed E-state index contributed by atoms with van der Waals surface area (Å²) in [5.74, 6) is -0.135. The maximum Gasteiger partial charge on any atom is 0.223 e. The number of hydrogen-bond donors (Lipinski definition) is 2. The molecule has 1 aliphatic rings. The largest absolute Gasteiger partial charge is 0.503 e. The number of rotatable bonds is 6. The molecular weight excluding hydrogens is 268 g/mol. The fourth-order valence-electron chi connectivity index (χ4n) is 3.32. The quantitative estimate of drug-likeness (QED) is 0.839. The monoisotopic (exact) mass is 294 g/mol. The maximum atomic E-state index is 11.9. The summed E-state index contributed by atoms with van der Waals surface area (Å²) in [5.41, 5.74) is 1.30. The lowest BCUT2D eigenvalue weighted by atomic mass is 10.1. The molecule has 0 aliphatic heterocycles. The molecule has 5 nitrogen and oxygen atoms in total. The van der Waals surface area contributed by atoms with Gasteiger partial charge in [-0.2, -0.15) is 0 Å². The highest BCUT2D eigenvalue weighted by atomic mass is 16.3. The van der Waals surface area contributed by atoms with Crippen molar-refractivity contribution in [3.05, 3.63) is 27.7 Å². The molecule has 1 fully saturated rings. The molecule has 0 bridgehead atoms. The van der Waals surface area contributed by atoms with Crippen LogP contribution in [0.5, 0.6) is 5.75 Å². The number of nitrogens with zero attached hydrogens (tertiary/aromatic N) is 2. The minimum absolute atomic E-state index is 0.0775. The molecule has 0 spiro atoms. The van der Waals surface area contributed by atoms with Gasteiger partial charge in [0, 0.05) is 30.9 Å². The van der Waals surface area contributed by atoms with Gasteiger partial charge in [-0.05, 0) is 26.3 Å². The lowest BCUT2D eigenvalue weighted by Gasteiger charge is -2.27. The molecule has 0 aromatic carbocycles. The summed E-state index contributed by atoms with van der Waals surface area (Å²) in [6.07, 6.45) is 4.60. The van der Waals surface area contributed by atoms with Crippen LogP contribution in [0.3, 0.4) is 0 Å². The van der Waals surface area contributed by atoms with Crippen molar-refractivity contribution in [1.29, 1.82) is 0 Å². The van der Waals surface area contributed by atoms with Gasteiger partial charge in [0.05, 0.1) is 12.3 Å². The third-order valence-corrected chi connectivity index (χ3v) is 4.44. The Balaban J connectivity index is 2.42. The van der Waals surface area contributed by atoms with Crippen molar-refractivity contribution < 1.29 is 10.2 Å². The highest BCUT2D eigenvalue weighted by molar-refractivity contribution is 5.30. The van der Waals surface area contributed by atoms with Crippen molar-refractivity contribution in [3.8, 4) is 5.75 Å². The minimum Gasteiger partial charge on any atom is -0.503 e. The molecule has 1 aromatic heterocycles. The maximum absolute atomic E-state index is 11.9. The van der Waals surface area contributed by atoms with Crippen molar-refractivity contribution in [2.24, 2.45) is 0 Å². The van der Waals surface area contributed by atoms with Crippen molar-refractivity contribution in [3.63, 3.8) is 0 Å².